The number of benzene rings is 1. The number of hydrogen-bond donors (Lipinski definition) is 1. The quantitative estimate of drug-likeness (QED) is 0.926. The van der Waals surface area contributed by atoms with Crippen LogP contribution in [0.1, 0.15) is 31.4 Å². The summed E-state index contributed by atoms with van der Waals surface area (Å²) in [6.45, 7) is 3.90. The zero-order valence-corrected chi connectivity index (χ0v) is 12.6. The van der Waals surface area contributed by atoms with Crippen molar-refractivity contribution in [3.8, 4) is 0 Å². The van der Waals surface area contributed by atoms with Crippen LogP contribution in [0.2, 0.25) is 0 Å². The summed E-state index contributed by atoms with van der Waals surface area (Å²) in [5.41, 5.74) is 6.79. The molecule has 4 nitrogen and oxygen atoms in total. The standard InChI is InChI=1S/C15H22N2O2.ClH/c1-2-19-14(12-6-4-3-5-7-12)15(18)17-10-8-13(16)9-11-17;/h3-7,13-14H,2,8-11,16H2,1H3;1H. The van der Waals surface area contributed by atoms with Gasteiger partial charge in [-0.05, 0) is 25.3 Å². The largest absolute Gasteiger partial charge is 0.364 e. The maximum Gasteiger partial charge on any atom is 0.256 e. The molecule has 1 aliphatic heterocycles. The minimum Gasteiger partial charge on any atom is -0.364 e. The van der Waals surface area contributed by atoms with Gasteiger partial charge in [0.05, 0.1) is 0 Å². The first-order chi connectivity index (χ1) is 9.22. The SMILES string of the molecule is CCOC(C(=O)N1CCC(N)CC1)c1ccccc1.Cl. The number of hydrogen-bond acceptors (Lipinski definition) is 3. The lowest BCUT2D eigenvalue weighted by atomic mass is 10.0. The Morgan fingerprint density at radius 2 is 1.95 bits per heavy atom. The van der Waals surface area contributed by atoms with Crippen LogP contribution in [0.25, 0.3) is 0 Å². The lowest BCUT2D eigenvalue weighted by Crippen LogP contribution is -2.45. The van der Waals surface area contributed by atoms with Gasteiger partial charge in [-0.25, -0.2) is 0 Å². The number of likely N-dealkylation sites (tertiary alicyclic amines) is 1. The van der Waals surface area contributed by atoms with Crippen LogP contribution in [-0.4, -0.2) is 36.5 Å². The molecular weight excluding hydrogens is 276 g/mol. The van der Waals surface area contributed by atoms with E-state index >= 15 is 0 Å². The van der Waals surface area contributed by atoms with Crippen LogP contribution in [0.15, 0.2) is 30.3 Å². The van der Waals surface area contributed by atoms with Crippen molar-refractivity contribution < 1.29 is 9.53 Å². The Morgan fingerprint density at radius 3 is 2.50 bits per heavy atom. The fraction of sp³-hybridized carbons (Fsp3) is 0.533. The molecule has 1 aromatic carbocycles. The molecule has 1 fully saturated rings. The molecule has 112 valence electrons. The van der Waals surface area contributed by atoms with Gasteiger partial charge >= 0.3 is 0 Å². The Kier molecular flexibility index (Phi) is 6.99. The van der Waals surface area contributed by atoms with E-state index in [1.165, 1.54) is 0 Å². The molecule has 1 heterocycles. The summed E-state index contributed by atoms with van der Waals surface area (Å²) in [7, 11) is 0. The van der Waals surface area contributed by atoms with Crippen LogP contribution in [0.4, 0.5) is 0 Å². The first kappa shape index (κ1) is 17.0. The zero-order chi connectivity index (χ0) is 13.7. The van der Waals surface area contributed by atoms with Gasteiger partial charge in [0.1, 0.15) is 0 Å². The fourth-order valence-corrected chi connectivity index (χ4v) is 2.39. The minimum atomic E-state index is -0.486. The molecule has 0 saturated carbocycles. The van der Waals surface area contributed by atoms with Crippen molar-refractivity contribution >= 4 is 18.3 Å². The minimum absolute atomic E-state index is 0. The monoisotopic (exact) mass is 298 g/mol. The summed E-state index contributed by atoms with van der Waals surface area (Å²) in [4.78, 5) is 14.4. The van der Waals surface area contributed by atoms with E-state index in [0.29, 0.717) is 6.61 Å². The lowest BCUT2D eigenvalue weighted by molar-refractivity contribution is -0.145. The highest BCUT2D eigenvalue weighted by Crippen LogP contribution is 2.22. The van der Waals surface area contributed by atoms with Crippen molar-refractivity contribution in [3.05, 3.63) is 35.9 Å². The van der Waals surface area contributed by atoms with Crippen LogP contribution >= 0.6 is 12.4 Å². The molecule has 1 aliphatic rings. The Labute approximate surface area is 126 Å². The molecule has 0 radical (unpaired) electrons. The van der Waals surface area contributed by atoms with Gasteiger partial charge in [0.15, 0.2) is 6.10 Å². The maximum absolute atomic E-state index is 12.6. The average Bonchev–Trinajstić information content (AvgIpc) is 2.46. The predicted octanol–water partition coefficient (Wildman–Crippen LogP) is 2.14. The van der Waals surface area contributed by atoms with E-state index in [2.05, 4.69) is 0 Å². The number of carbonyl (C=O) groups excluding carboxylic acids is 1. The van der Waals surface area contributed by atoms with Crippen LogP contribution in [0, 0.1) is 0 Å². The number of nitrogens with zero attached hydrogens (tertiary/aromatic N) is 1. The molecule has 1 atom stereocenters. The third-order valence-electron chi connectivity index (χ3n) is 3.51. The van der Waals surface area contributed by atoms with E-state index in [0.717, 1.165) is 31.5 Å². The van der Waals surface area contributed by atoms with Crippen LogP contribution in [0.3, 0.4) is 0 Å². The smallest absolute Gasteiger partial charge is 0.256 e. The molecule has 0 bridgehead atoms. The van der Waals surface area contributed by atoms with E-state index < -0.39 is 6.10 Å². The number of amides is 1. The van der Waals surface area contributed by atoms with Gasteiger partial charge in [0.2, 0.25) is 0 Å². The summed E-state index contributed by atoms with van der Waals surface area (Å²) < 4.78 is 5.65. The molecular formula is C15H23ClN2O2. The molecule has 0 aromatic heterocycles. The molecule has 5 heteroatoms. The predicted molar refractivity (Wildman–Crippen MR) is 81.8 cm³/mol. The van der Waals surface area contributed by atoms with Gasteiger partial charge in [-0.3, -0.25) is 4.79 Å². The second kappa shape index (κ2) is 8.25. The van der Waals surface area contributed by atoms with Crippen LogP contribution < -0.4 is 5.73 Å². The van der Waals surface area contributed by atoms with Crippen molar-refractivity contribution in [1.29, 1.82) is 0 Å². The number of rotatable bonds is 4. The topological polar surface area (TPSA) is 55.6 Å². The van der Waals surface area contributed by atoms with Crippen molar-refractivity contribution in [2.75, 3.05) is 19.7 Å². The number of piperidine rings is 1. The van der Waals surface area contributed by atoms with Crippen molar-refractivity contribution in [2.24, 2.45) is 5.73 Å². The summed E-state index contributed by atoms with van der Waals surface area (Å²) in [6.07, 6.45) is 1.26. The molecule has 1 saturated heterocycles. The van der Waals surface area contributed by atoms with Crippen LogP contribution in [0.5, 0.6) is 0 Å². The summed E-state index contributed by atoms with van der Waals surface area (Å²) in [6, 6.07) is 9.91. The van der Waals surface area contributed by atoms with Gasteiger partial charge < -0.3 is 15.4 Å². The number of ether oxygens (including phenoxy) is 1. The maximum atomic E-state index is 12.6. The molecule has 1 aromatic rings. The van der Waals surface area contributed by atoms with Gasteiger partial charge in [0, 0.05) is 25.7 Å². The van der Waals surface area contributed by atoms with E-state index in [-0.39, 0.29) is 24.4 Å². The number of halogens is 1. The highest BCUT2D eigenvalue weighted by molar-refractivity contribution is 5.85. The van der Waals surface area contributed by atoms with E-state index in [4.69, 9.17) is 10.5 Å². The molecule has 1 unspecified atom stereocenters. The Hall–Kier alpha value is -1.10. The Morgan fingerprint density at radius 1 is 1.35 bits per heavy atom. The second-order valence-electron chi connectivity index (χ2n) is 4.91. The molecule has 2 N–H and O–H groups in total. The average molecular weight is 299 g/mol. The highest BCUT2D eigenvalue weighted by Gasteiger charge is 2.28. The lowest BCUT2D eigenvalue weighted by Gasteiger charge is -2.32. The number of nitrogens with two attached hydrogens (primary N) is 1. The Bertz CT molecular complexity index is 406. The second-order valence-corrected chi connectivity index (χ2v) is 4.91. The van der Waals surface area contributed by atoms with E-state index in [1.807, 2.05) is 42.2 Å². The third kappa shape index (κ3) is 4.20. The Balaban J connectivity index is 0.00000200. The van der Waals surface area contributed by atoms with Crippen LogP contribution in [-0.2, 0) is 9.53 Å². The molecule has 2 rings (SSSR count). The molecule has 0 aliphatic carbocycles. The number of carbonyl (C=O) groups is 1. The molecule has 1 amide bonds. The van der Waals surface area contributed by atoms with Crippen molar-refractivity contribution in [3.63, 3.8) is 0 Å². The van der Waals surface area contributed by atoms with Crippen molar-refractivity contribution in [2.45, 2.75) is 31.9 Å². The molecule has 0 spiro atoms. The summed E-state index contributed by atoms with van der Waals surface area (Å²) in [5.74, 6) is 0.0555. The van der Waals surface area contributed by atoms with E-state index in [9.17, 15) is 4.79 Å². The summed E-state index contributed by atoms with van der Waals surface area (Å²) in [5, 5.41) is 0. The molecule has 20 heavy (non-hydrogen) atoms. The van der Waals surface area contributed by atoms with Gasteiger partial charge in [0.25, 0.3) is 5.91 Å². The van der Waals surface area contributed by atoms with E-state index in [1.54, 1.807) is 0 Å². The first-order valence-electron chi connectivity index (χ1n) is 6.93. The fourth-order valence-electron chi connectivity index (χ4n) is 2.39. The summed E-state index contributed by atoms with van der Waals surface area (Å²) >= 11 is 0. The van der Waals surface area contributed by atoms with Gasteiger partial charge in [-0.1, -0.05) is 30.3 Å². The third-order valence-corrected chi connectivity index (χ3v) is 3.51. The normalized spacial score (nSPS) is 17.4. The van der Waals surface area contributed by atoms with Crippen molar-refractivity contribution in [1.82, 2.24) is 4.90 Å². The van der Waals surface area contributed by atoms with Gasteiger partial charge in [-0.15, -0.1) is 12.4 Å². The highest BCUT2D eigenvalue weighted by atomic mass is 35.5. The zero-order valence-electron chi connectivity index (χ0n) is 11.8. The van der Waals surface area contributed by atoms with Gasteiger partial charge in [-0.2, -0.15) is 0 Å². The first-order valence-corrected chi connectivity index (χ1v) is 6.93.